The average Bonchev–Trinajstić information content (AvgIpc) is 3.01. The van der Waals surface area contributed by atoms with Crippen molar-refractivity contribution in [1.82, 2.24) is 10.6 Å². The Hall–Kier alpha value is -3.89. The summed E-state index contributed by atoms with van der Waals surface area (Å²) < 4.78 is 5.45. The lowest BCUT2D eigenvalue weighted by molar-refractivity contribution is -0.204. The second kappa shape index (κ2) is 16.5. The summed E-state index contributed by atoms with van der Waals surface area (Å²) >= 11 is 1.12. The zero-order valence-corrected chi connectivity index (χ0v) is 24.6. The number of anilines is 1. The minimum atomic E-state index is -0.702. The first-order valence-corrected chi connectivity index (χ1v) is 14.9. The molecule has 0 radical (unpaired) electrons. The predicted molar refractivity (Wildman–Crippen MR) is 168 cm³/mol. The van der Waals surface area contributed by atoms with Crippen LogP contribution in [0.4, 0.5) is 5.69 Å². The van der Waals surface area contributed by atoms with E-state index in [0.29, 0.717) is 38.9 Å². The molecular weight excluding hydrogens is 548 g/mol. The molecule has 0 fully saturated rings. The molecule has 2 amide bonds. The highest BCUT2D eigenvalue weighted by Gasteiger charge is 2.21. The third kappa shape index (κ3) is 9.88. The van der Waals surface area contributed by atoms with Gasteiger partial charge in [0.05, 0.1) is 17.7 Å². The van der Waals surface area contributed by atoms with Crippen LogP contribution in [0.5, 0.6) is 0 Å². The van der Waals surface area contributed by atoms with E-state index in [1.165, 1.54) is 0 Å². The summed E-state index contributed by atoms with van der Waals surface area (Å²) in [5.74, 6) is -0.432. The Morgan fingerprint density at radius 3 is 2.40 bits per heavy atom. The second-order valence-electron chi connectivity index (χ2n) is 10.0. The average molecular weight is 587 g/mol. The van der Waals surface area contributed by atoms with Gasteiger partial charge in [0, 0.05) is 30.8 Å². The monoisotopic (exact) mass is 586 g/mol. The normalized spacial score (nSPS) is 11.7. The highest BCUT2D eigenvalue weighted by atomic mass is 32.2. The van der Waals surface area contributed by atoms with Gasteiger partial charge >= 0.3 is 0 Å². The lowest BCUT2D eigenvalue weighted by atomic mass is 10.0. The Morgan fingerprint density at radius 2 is 1.64 bits per heavy atom. The van der Waals surface area contributed by atoms with Crippen molar-refractivity contribution in [3.8, 4) is 0 Å². The predicted octanol–water partition coefficient (Wildman–Crippen LogP) is 5.50. The first kappa shape index (κ1) is 31.1. The third-order valence-electron chi connectivity index (χ3n) is 6.67. The van der Waals surface area contributed by atoms with Gasteiger partial charge in [0.2, 0.25) is 11.8 Å². The van der Waals surface area contributed by atoms with Crippen molar-refractivity contribution in [3.63, 3.8) is 0 Å². The molecule has 8 nitrogen and oxygen atoms in total. The molecule has 0 spiro atoms. The van der Waals surface area contributed by atoms with E-state index < -0.39 is 6.04 Å². The fourth-order valence-electron chi connectivity index (χ4n) is 4.39. The van der Waals surface area contributed by atoms with E-state index in [0.717, 1.165) is 44.5 Å². The molecule has 0 unspecified atom stereocenters. The minimum Gasteiger partial charge on any atom is -0.354 e. The summed E-state index contributed by atoms with van der Waals surface area (Å²) in [6.45, 7) is 3.38. The van der Waals surface area contributed by atoms with E-state index in [4.69, 9.17) is 15.1 Å². The van der Waals surface area contributed by atoms with Crippen LogP contribution in [0.15, 0.2) is 102 Å². The second-order valence-corrected chi connectivity index (χ2v) is 10.8. The zero-order chi connectivity index (χ0) is 29.6. The largest absolute Gasteiger partial charge is 0.354 e. The van der Waals surface area contributed by atoms with Gasteiger partial charge in [-0.25, -0.2) is 5.06 Å². The summed E-state index contributed by atoms with van der Waals surface area (Å²) in [7, 11) is 0. The molecule has 220 valence electrons. The van der Waals surface area contributed by atoms with Crippen LogP contribution in [-0.2, 0) is 25.3 Å². The molecule has 0 aliphatic carbocycles. The maximum absolute atomic E-state index is 13.0. The number of para-hydroxylation sites is 1. The first-order valence-electron chi connectivity index (χ1n) is 14.2. The summed E-state index contributed by atoms with van der Waals surface area (Å²) in [6.07, 6.45) is 1.75. The SMILES string of the molecule is Cc1ccc(SOON(CCCC(=O)N[C@H](Cc2ccc3ccccc3c2)C(=O)NCCCN)c2ccccc2)cc1. The molecule has 0 bridgehead atoms. The minimum absolute atomic E-state index is 0.210. The molecule has 42 heavy (non-hydrogen) atoms. The summed E-state index contributed by atoms with van der Waals surface area (Å²) in [5.41, 5.74) is 8.53. The van der Waals surface area contributed by atoms with Crippen LogP contribution in [-0.4, -0.2) is 37.5 Å². The third-order valence-corrected chi connectivity index (χ3v) is 7.26. The molecule has 0 saturated heterocycles. The van der Waals surface area contributed by atoms with Gasteiger partial charge in [-0.15, -0.1) is 4.33 Å². The molecule has 0 aromatic heterocycles. The van der Waals surface area contributed by atoms with E-state index in [9.17, 15) is 9.59 Å². The van der Waals surface area contributed by atoms with Gasteiger partial charge in [-0.2, -0.15) is 0 Å². The van der Waals surface area contributed by atoms with E-state index in [-0.39, 0.29) is 18.2 Å². The molecule has 4 aromatic carbocycles. The van der Waals surface area contributed by atoms with E-state index in [1.807, 2.05) is 97.9 Å². The van der Waals surface area contributed by atoms with Crippen LogP contribution in [0.3, 0.4) is 0 Å². The number of rotatable bonds is 16. The molecule has 0 heterocycles. The van der Waals surface area contributed by atoms with E-state index >= 15 is 0 Å². The number of nitrogens with one attached hydrogen (secondary N) is 2. The highest BCUT2D eigenvalue weighted by Crippen LogP contribution is 2.23. The van der Waals surface area contributed by atoms with Gasteiger partial charge in [-0.05, 0) is 66.9 Å². The Labute approximate surface area is 251 Å². The number of hydrogen-bond donors (Lipinski definition) is 3. The quantitative estimate of drug-likeness (QED) is 0.0689. The van der Waals surface area contributed by atoms with Crippen LogP contribution in [0, 0.1) is 6.92 Å². The van der Waals surface area contributed by atoms with Gasteiger partial charge < -0.3 is 16.4 Å². The number of nitrogens with zero attached hydrogens (tertiary/aromatic N) is 1. The van der Waals surface area contributed by atoms with Crippen molar-refractivity contribution in [2.75, 3.05) is 24.7 Å². The standard InChI is InChI=1S/C33H38N4O4S/c1-25-14-18-30(19-15-25)42-41-40-37(29-11-3-2-4-12-29)22-7-13-32(38)36-31(33(39)35-21-8-20-34)24-26-16-17-27-9-5-6-10-28(27)23-26/h2-6,9-12,14-19,23,31H,7-8,13,20-22,24,34H2,1H3,(H,35,39)(H,36,38)/t31-/m1/s1. The number of benzene rings is 4. The van der Waals surface area contributed by atoms with Gasteiger partial charge in [0.1, 0.15) is 6.04 Å². The van der Waals surface area contributed by atoms with Crippen molar-refractivity contribution in [2.45, 2.75) is 43.5 Å². The number of hydrogen-bond acceptors (Lipinski definition) is 7. The molecule has 1 atom stereocenters. The lowest BCUT2D eigenvalue weighted by Crippen LogP contribution is -2.48. The summed E-state index contributed by atoms with van der Waals surface area (Å²) in [4.78, 5) is 32.6. The number of carbonyl (C=O) groups excluding carboxylic acids is 2. The molecule has 0 saturated carbocycles. The van der Waals surface area contributed by atoms with Gasteiger partial charge in [0.15, 0.2) is 0 Å². The maximum atomic E-state index is 13.0. The molecule has 0 aliphatic heterocycles. The van der Waals surface area contributed by atoms with Crippen molar-refractivity contribution < 1.29 is 18.9 Å². The number of aryl methyl sites for hydroxylation is 1. The smallest absolute Gasteiger partial charge is 0.242 e. The van der Waals surface area contributed by atoms with Crippen LogP contribution >= 0.6 is 12.0 Å². The first-order chi connectivity index (χ1) is 20.5. The Kier molecular flexibility index (Phi) is 12.2. The van der Waals surface area contributed by atoms with E-state index in [2.05, 4.69) is 16.7 Å². The van der Waals surface area contributed by atoms with Crippen LogP contribution in [0.2, 0.25) is 0 Å². The fourth-order valence-corrected chi connectivity index (χ4v) is 4.82. The van der Waals surface area contributed by atoms with Crippen molar-refractivity contribution in [2.24, 2.45) is 5.73 Å². The molecule has 9 heteroatoms. The van der Waals surface area contributed by atoms with E-state index in [1.54, 1.807) is 5.06 Å². The van der Waals surface area contributed by atoms with Gasteiger partial charge in [-0.1, -0.05) is 83.3 Å². The maximum Gasteiger partial charge on any atom is 0.242 e. The fraction of sp³-hybridized carbons (Fsp3) is 0.273. The topological polar surface area (TPSA) is 106 Å². The molecule has 4 rings (SSSR count). The number of amides is 2. The van der Waals surface area contributed by atoms with Crippen LogP contribution < -0.4 is 21.4 Å². The summed E-state index contributed by atoms with van der Waals surface area (Å²) in [6, 6.07) is 30.9. The number of hydroxylamine groups is 1. The Bertz CT molecular complexity index is 1420. The Balaban J connectivity index is 1.34. The number of nitrogens with two attached hydrogens (primary N) is 1. The Morgan fingerprint density at radius 1 is 0.905 bits per heavy atom. The van der Waals surface area contributed by atoms with Gasteiger partial charge in [-0.3, -0.25) is 9.59 Å². The molecule has 4 N–H and O–H groups in total. The lowest BCUT2D eigenvalue weighted by Gasteiger charge is -2.22. The zero-order valence-electron chi connectivity index (χ0n) is 23.8. The molecule has 0 aliphatic rings. The van der Waals surface area contributed by atoms with Crippen LogP contribution in [0.25, 0.3) is 10.8 Å². The van der Waals surface area contributed by atoms with Crippen LogP contribution in [0.1, 0.15) is 30.4 Å². The number of carbonyl (C=O) groups is 2. The molecular formula is C33H38N4O4S. The molecule has 4 aromatic rings. The number of fused-ring (bicyclic) bond motifs is 1. The van der Waals surface area contributed by atoms with Gasteiger partial charge in [0.25, 0.3) is 0 Å². The van der Waals surface area contributed by atoms with Crippen molar-refractivity contribution in [1.29, 1.82) is 0 Å². The van der Waals surface area contributed by atoms with Crippen molar-refractivity contribution >= 4 is 40.3 Å². The highest BCUT2D eigenvalue weighted by molar-refractivity contribution is 7.94. The summed E-state index contributed by atoms with van der Waals surface area (Å²) in [5, 5.41) is 9.67. The van der Waals surface area contributed by atoms with Crippen molar-refractivity contribution in [3.05, 3.63) is 108 Å².